The fourth-order valence-electron chi connectivity index (χ4n) is 2.97. The number of urea groups is 1. The Morgan fingerprint density at radius 2 is 1.71 bits per heavy atom. The number of carbonyl (C=O) groups excluding carboxylic acids is 1. The fourth-order valence-corrected chi connectivity index (χ4v) is 2.97. The van der Waals surface area contributed by atoms with E-state index in [1.165, 1.54) is 0 Å². The summed E-state index contributed by atoms with van der Waals surface area (Å²) in [5.41, 5.74) is 3.14. The van der Waals surface area contributed by atoms with Crippen LogP contribution in [0.3, 0.4) is 0 Å². The second-order valence-corrected chi connectivity index (χ2v) is 6.90. The molecule has 6 heteroatoms. The van der Waals surface area contributed by atoms with Crippen molar-refractivity contribution >= 4 is 12.0 Å². The van der Waals surface area contributed by atoms with Gasteiger partial charge < -0.3 is 20.4 Å². The molecule has 2 rings (SSSR count). The molecule has 1 unspecified atom stereocenters. The molecule has 0 aliphatic heterocycles. The van der Waals surface area contributed by atoms with E-state index in [2.05, 4.69) is 5.32 Å². The molecule has 150 valence electrons. The summed E-state index contributed by atoms with van der Waals surface area (Å²) in [6.07, 6.45) is 0.876. The van der Waals surface area contributed by atoms with Crippen LogP contribution in [-0.2, 0) is 17.8 Å². The molecule has 0 heterocycles. The normalized spacial score (nSPS) is 11.6. The van der Waals surface area contributed by atoms with Gasteiger partial charge in [0.1, 0.15) is 0 Å². The minimum atomic E-state index is -0.890. The van der Waals surface area contributed by atoms with Crippen LogP contribution in [0.4, 0.5) is 4.79 Å². The van der Waals surface area contributed by atoms with Crippen molar-refractivity contribution in [2.45, 2.75) is 38.8 Å². The summed E-state index contributed by atoms with van der Waals surface area (Å²) >= 11 is 0. The molecule has 6 nitrogen and oxygen atoms in total. The van der Waals surface area contributed by atoms with Crippen molar-refractivity contribution < 1.29 is 19.8 Å². The van der Waals surface area contributed by atoms with Gasteiger partial charge in [-0.1, -0.05) is 60.2 Å². The van der Waals surface area contributed by atoms with E-state index in [1.54, 1.807) is 4.90 Å². The second kappa shape index (κ2) is 11.1. The van der Waals surface area contributed by atoms with Gasteiger partial charge in [-0.15, -0.1) is 0 Å². The molecule has 0 spiro atoms. The molecule has 0 aliphatic rings. The highest BCUT2D eigenvalue weighted by molar-refractivity contribution is 5.74. The smallest absolute Gasteiger partial charge is 0.318 e. The van der Waals surface area contributed by atoms with E-state index >= 15 is 0 Å². The van der Waals surface area contributed by atoms with E-state index in [1.807, 2.05) is 61.5 Å². The Kier molecular flexibility index (Phi) is 8.49. The number of hydrogen-bond acceptors (Lipinski definition) is 3. The lowest BCUT2D eigenvalue weighted by Gasteiger charge is -2.26. The molecular formula is C22H28N2O4. The maximum Gasteiger partial charge on any atom is 0.318 e. The summed E-state index contributed by atoms with van der Waals surface area (Å²) < 4.78 is 0. The van der Waals surface area contributed by atoms with Gasteiger partial charge in [0, 0.05) is 25.6 Å². The molecule has 2 aromatic carbocycles. The fraction of sp³-hybridized carbons (Fsp3) is 0.364. The Morgan fingerprint density at radius 3 is 2.32 bits per heavy atom. The standard InChI is InChI=1S/C22H28N2O4/c1-17-7-9-19(10-8-17)16-24(13-14-25)22(28)23-20(11-12-21(26)27)15-18-5-3-2-4-6-18/h2-10,20,25H,11-16H2,1H3,(H,23,28)(H,26,27). The van der Waals surface area contributed by atoms with Gasteiger partial charge in [0.2, 0.25) is 0 Å². The number of amides is 2. The van der Waals surface area contributed by atoms with Gasteiger partial charge in [-0.05, 0) is 30.9 Å². The third-order valence-corrected chi connectivity index (χ3v) is 4.51. The number of hydrogen-bond donors (Lipinski definition) is 3. The molecule has 2 aromatic rings. The molecule has 0 radical (unpaired) electrons. The Hall–Kier alpha value is -2.86. The monoisotopic (exact) mass is 384 g/mol. The molecule has 0 aromatic heterocycles. The average molecular weight is 384 g/mol. The maximum absolute atomic E-state index is 12.8. The van der Waals surface area contributed by atoms with Crippen molar-refractivity contribution in [3.63, 3.8) is 0 Å². The molecule has 28 heavy (non-hydrogen) atoms. The minimum Gasteiger partial charge on any atom is -0.481 e. The molecule has 2 amide bonds. The van der Waals surface area contributed by atoms with Crippen LogP contribution in [0.25, 0.3) is 0 Å². The third kappa shape index (κ3) is 7.40. The number of benzene rings is 2. The second-order valence-electron chi connectivity index (χ2n) is 6.90. The Bertz CT molecular complexity index is 747. The third-order valence-electron chi connectivity index (χ3n) is 4.51. The van der Waals surface area contributed by atoms with Crippen LogP contribution in [0.15, 0.2) is 54.6 Å². The highest BCUT2D eigenvalue weighted by Gasteiger charge is 2.19. The van der Waals surface area contributed by atoms with Crippen molar-refractivity contribution in [2.24, 2.45) is 0 Å². The molecular weight excluding hydrogens is 356 g/mol. The largest absolute Gasteiger partial charge is 0.481 e. The summed E-state index contributed by atoms with van der Waals surface area (Å²) in [4.78, 5) is 25.3. The van der Waals surface area contributed by atoms with Gasteiger partial charge in [0.05, 0.1) is 6.61 Å². The Labute approximate surface area is 165 Å². The average Bonchev–Trinajstić information content (AvgIpc) is 2.68. The van der Waals surface area contributed by atoms with Gasteiger partial charge >= 0.3 is 12.0 Å². The molecule has 0 saturated heterocycles. The number of aliphatic hydroxyl groups is 1. The van der Waals surface area contributed by atoms with Crippen LogP contribution in [0, 0.1) is 6.92 Å². The lowest BCUT2D eigenvalue weighted by molar-refractivity contribution is -0.137. The molecule has 0 aliphatic carbocycles. The van der Waals surface area contributed by atoms with Crippen molar-refractivity contribution in [3.8, 4) is 0 Å². The molecule has 1 atom stereocenters. The summed E-state index contributed by atoms with van der Waals surface area (Å²) in [5.74, 6) is -0.890. The Morgan fingerprint density at radius 1 is 1.04 bits per heavy atom. The number of aliphatic hydroxyl groups excluding tert-OH is 1. The maximum atomic E-state index is 12.8. The van der Waals surface area contributed by atoms with Crippen molar-refractivity contribution in [1.29, 1.82) is 0 Å². The van der Waals surface area contributed by atoms with Crippen LogP contribution in [0.2, 0.25) is 0 Å². The van der Waals surface area contributed by atoms with Gasteiger partial charge in [-0.3, -0.25) is 4.79 Å². The SMILES string of the molecule is Cc1ccc(CN(CCO)C(=O)NC(CCC(=O)O)Cc2ccccc2)cc1. The zero-order valence-corrected chi connectivity index (χ0v) is 16.2. The number of aryl methyl sites for hydroxylation is 1. The van der Waals surface area contributed by atoms with E-state index in [-0.39, 0.29) is 31.6 Å². The summed E-state index contributed by atoms with van der Waals surface area (Å²) in [6.45, 7) is 2.44. The number of aliphatic carboxylic acids is 1. The van der Waals surface area contributed by atoms with Crippen molar-refractivity contribution in [2.75, 3.05) is 13.2 Å². The number of carboxylic acids is 1. The van der Waals surface area contributed by atoms with Crippen LogP contribution < -0.4 is 5.32 Å². The first-order chi connectivity index (χ1) is 13.5. The van der Waals surface area contributed by atoms with Gasteiger partial charge in [0.25, 0.3) is 0 Å². The predicted molar refractivity (Wildman–Crippen MR) is 108 cm³/mol. The zero-order chi connectivity index (χ0) is 20.4. The zero-order valence-electron chi connectivity index (χ0n) is 16.2. The molecule has 0 bridgehead atoms. The van der Waals surface area contributed by atoms with Crippen molar-refractivity contribution in [1.82, 2.24) is 10.2 Å². The number of nitrogens with zero attached hydrogens (tertiary/aromatic N) is 1. The summed E-state index contributed by atoms with van der Waals surface area (Å²) in [5, 5.41) is 21.3. The highest BCUT2D eigenvalue weighted by atomic mass is 16.4. The minimum absolute atomic E-state index is 0.0181. The summed E-state index contributed by atoms with van der Waals surface area (Å²) in [7, 11) is 0. The lowest BCUT2D eigenvalue weighted by Crippen LogP contribution is -2.46. The van der Waals surface area contributed by atoms with E-state index in [0.29, 0.717) is 19.4 Å². The highest BCUT2D eigenvalue weighted by Crippen LogP contribution is 2.11. The van der Waals surface area contributed by atoms with Crippen molar-refractivity contribution in [3.05, 3.63) is 71.3 Å². The number of carboxylic acid groups (broad SMARTS) is 1. The van der Waals surface area contributed by atoms with Crippen LogP contribution in [0.5, 0.6) is 0 Å². The lowest BCUT2D eigenvalue weighted by atomic mass is 10.0. The van der Waals surface area contributed by atoms with E-state index < -0.39 is 5.97 Å². The van der Waals surface area contributed by atoms with Crippen LogP contribution in [0.1, 0.15) is 29.5 Å². The quantitative estimate of drug-likeness (QED) is 0.587. The van der Waals surface area contributed by atoms with Gasteiger partial charge in [-0.2, -0.15) is 0 Å². The predicted octanol–water partition coefficient (Wildman–Crippen LogP) is 2.98. The molecule has 0 saturated carbocycles. The van der Waals surface area contributed by atoms with E-state index in [9.17, 15) is 14.7 Å². The van der Waals surface area contributed by atoms with E-state index in [4.69, 9.17) is 5.11 Å². The first kappa shape index (κ1) is 21.4. The van der Waals surface area contributed by atoms with Crippen LogP contribution >= 0.6 is 0 Å². The number of rotatable bonds is 10. The Balaban J connectivity index is 2.05. The first-order valence-electron chi connectivity index (χ1n) is 9.45. The van der Waals surface area contributed by atoms with Gasteiger partial charge in [-0.25, -0.2) is 4.79 Å². The number of nitrogens with one attached hydrogen (secondary N) is 1. The van der Waals surface area contributed by atoms with Gasteiger partial charge in [0.15, 0.2) is 0 Å². The number of carbonyl (C=O) groups is 2. The molecule has 3 N–H and O–H groups in total. The molecule has 0 fully saturated rings. The summed E-state index contributed by atoms with van der Waals surface area (Å²) in [6, 6.07) is 16.9. The van der Waals surface area contributed by atoms with E-state index in [0.717, 1.165) is 16.7 Å². The topological polar surface area (TPSA) is 89.9 Å². The first-order valence-corrected chi connectivity index (χ1v) is 9.45. The van der Waals surface area contributed by atoms with Crippen LogP contribution in [-0.4, -0.2) is 46.3 Å².